The van der Waals surface area contributed by atoms with Crippen molar-refractivity contribution >= 4 is 28.4 Å². The third-order valence-electron chi connectivity index (χ3n) is 3.62. The molecule has 0 saturated carbocycles. The van der Waals surface area contributed by atoms with Crippen LogP contribution in [-0.2, 0) is 0 Å². The van der Waals surface area contributed by atoms with Crippen molar-refractivity contribution in [2.45, 2.75) is 26.2 Å². The molecular weight excluding hydrogens is 314 g/mol. The Balaban J connectivity index is 1.87. The van der Waals surface area contributed by atoms with Gasteiger partial charge in [-0.2, -0.15) is 10.4 Å². The van der Waals surface area contributed by atoms with Crippen LogP contribution in [0, 0.1) is 18.3 Å². The SMILES string of the molecule is C=C(CCCC#N)Nc1nc(Nc2cc(C)[nH]n2)cc2ncccc12. The van der Waals surface area contributed by atoms with Crippen molar-refractivity contribution in [1.82, 2.24) is 20.2 Å². The summed E-state index contributed by atoms with van der Waals surface area (Å²) in [5.41, 5.74) is 2.60. The third kappa shape index (κ3) is 4.12. The van der Waals surface area contributed by atoms with Crippen LogP contribution in [0.2, 0.25) is 0 Å². The molecule has 0 bridgehead atoms. The summed E-state index contributed by atoms with van der Waals surface area (Å²) in [6, 6.07) is 9.75. The molecule has 0 aromatic carbocycles. The van der Waals surface area contributed by atoms with E-state index in [2.05, 4.69) is 43.4 Å². The number of unbranched alkanes of at least 4 members (excludes halogenated alkanes) is 1. The molecule has 0 amide bonds. The second-order valence-electron chi connectivity index (χ2n) is 5.73. The van der Waals surface area contributed by atoms with Gasteiger partial charge in [-0.15, -0.1) is 0 Å². The molecule has 126 valence electrons. The summed E-state index contributed by atoms with van der Waals surface area (Å²) in [7, 11) is 0. The van der Waals surface area contributed by atoms with E-state index in [0.717, 1.165) is 28.7 Å². The van der Waals surface area contributed by atoms with Gasteiger partial charge in [0.2, 0.25) is 0 Å². The maximum absolute atomic E-state index is 8.65. The van der Waals surface area contributed by atoms with Gasteiger partial charge in [-0.3, -0.25) is 10.1 Å². The lowest BCUT2D eigenvalue weighted by Crippen LogP contribution is -2.04. The van der Waals surface area contributed by atoms with E-state index in [-0.39, 0.29) is 0 Å². The van der Waals surface area contributed by atoms with Crippen LogP contribution in [0.15, 0.2) is 42.7 Å². The van der Waals surface area contributed by atoms with Gasteiger partial charge in [-0.1, -0.05) is 6.58 Å². The first-order valence-electron chi connectivity index (χ1n) is 8.02. The average Bonchev–Trinajstić information content (AvgIpc) is 3.00. The molecule has 0 fully saturated rings. The highest BCUT2D eigenvalue weighted by Gasteiger charge is 2.09. The molecule has 0 radical (unpaired) electrons. The van der Waals surface area contributed by atoms with Crippen LogP contribution in [0.5, 0.6) is 0 Å². The first-order valence-corrected chi connectivity index (χ1v) is 8.02. The number of H-pyrrole nitrogens is 1. The summed E-state index contributed by atoms with van der Waals surface area (Å²) in [6.07, 6.45) is 3.74. The molecule has 3 N–H and O–H groups in total. The van der Waals surface area contributed by atoms with E-state index in [9.17, 15) is 0 Å². The minimum absolute atomic E-state index is 0.510. The van der Waals surface area contributed by atoms with Gasteiger partial charge in [0.25, 0.3) is 0 Å². The zero-order valence-corrected chi connectivity index (χ0v) is 14.0. The molecule has 7 nitrogen and oxygen atoms in total. The number of aromatic nitrogens is 4. The molecule has 7 heteroatoms. The monoisotopic (exact) mass is 333 g/mol. The van der Waals surface area contributed by atoms with Crippen LogP contribution in [0.4, 0.5) is 17.5 Å². The van der Waals surface area contributed by atoms with Crippen LogP contribution in [-0.4, -0.2) is 20.2 Å². The second-order valence-corrected chi connectivity index (χ2v) is 5.73. The highest BCUT2D eigenvalue weighted by atomic mass is 15.2. The van der Waals surface area contributed by atoms with Crippen molar-refractivity contribution < 1.29 is 0 Å². The van der Waals surface area contributed by atoms with E-state index in [1.165, 1.54) is 0 Å². The Morgan fingerprint density at radius 2 is 2.24 bits per heavy atom. The van der Waals surface area contributed by atoms with E-state index in [1.54, 1.807) is 6.20 Å². The maximum atomic E-state index is 8.65. The number of nitrogens with one attached hydrogen (secondary N) is 3. The van der Waals surface area contributed by atoms with Crippen molar-refractivity contribution in [3.63, 3.8) is 0 Å². The third-order valence-corrected chi connectivity index (χ3v) is 3.62. The fourth-order valence-corrected chi connectivity index (χ4v) is 2.46. The molecule has 0 aliphatic carbocycles. The van der Waals surface area contributed by atoms with Crippen molar-refractivity contribution in [2.75, 3.05) is 10.6 Å². The highest BCUT2D eigenvalue weighted by molar-refractivity contribution is 5.91. The van der Waals surface area contributed by atoms with Crippen LogP contribution in [0.25, 0.3) is 10.9 Å². The molecule has 3 heterocycles. The fourth-order valence-electron chi connectivity index (χ4n) is 2.46. The minimum Gasteiger partial charge on any atom is -0.344 e. The molecular formula is C18H19N7. The number of hydrogen-bond acceptors (Lipinski definition) is 6. The zero-order chi connectivity index (χ0) is 17.6. The number of hydrogen-bond donors (Lipinski definition) is 3. The summed E-state index contributed by atoms with van der Waals surface area (Å²) < 4.78 is 0. The molecule has 0 saturated heterocycles. The van der Waals surface area contributed by atoms with Crippen molar-refractivity contribution in [3.05, 3.63) is 48.4 Å². The van der Waals surface area contributed by atoms with Crippen LogP contribution >= 0.6 is 0 Å². The number of rotatable bonds is 7. The summed E-state index contributed by atoms with van der Waals surface area (Å²) in [6.45, 7) is 5.96. The van der Waals surface area contributed by atoms with Crippen LogP contribution < -0.4 is 10.6 Å². The minimum atomic E-state index is 0.510. The number of aryl methyl sites for hydroxylation is 1. The summed E-state index contributed by atoms with van der Waals surface area (Å²) in [5.74, 6) is 2.02. The van der Waals surface area contributed by atoms with Gasteiger partial charge in [-0.05, 0) is 31.9 Å². The predicted molar refractivity (Wildman–Crippen MR) is 98.4 cm³/mol. The molecule has 0 spiro atoms. The first kappa shape index (κ1) is 16.5. The number of fused-ring (bicyclic) bond motifs is 1. The number of nitriles is 1. The Labute approximate surface area is 145 Å². The number of nitrogens with zero attached hydrogens (tertiary/aromatic N) is 4. The quantitative estimate of drug-likeness (QED) is 0.564. The standard InChI is InChI=1S/C18H19N7/c1-12(6-3-4-8-19)21-18-14-7-5-9-20-15(14)11-16(23-18)22-17-10-13(2)24-25-17/h5,7,9-11H,1,3-4,6H2,2H3,(H3,21,22,23,24,25). The Bertz CT molecular complexity index is 936. The lowest BCUT2D eigenvalue weighted by molar-refractivity contribution is 0.844. The van der Waals surface area contributed by atoms with Gasteiger partial charge in [0.15, 0.2) is 5.82 Å². The smallest absolute Gasteiger partial charge is 0.153 e. The van der Waals surface area contributed by atoms with E-state index >= 15 is 0 Å². The van der Waals surface area contributed by atoms with E-state index in [0.29, 0.717) is 30.3 Å². The number of pyridine rings is 2. The Kier molecular flexibility index (Phi) is 4.90. The van der Waals surface area contributed by atoms with Gasteiger partial charge >= 0.3 is 0 Å². The Morgan fingerprint density at radius 1 is 1.36 bits per heavy atom. The summed E-state index contributed by atoms with van der Waals surface area (Å²) >= 11 is 0. The first-order chi connectivity index (χ1) is 12.2. The van der Waals surface area contributed by atoms with Crippen molar-refractivity contribution in [1.29, 1.82) is 5.26 Å². The Morgan fingerprint density at radius 3 is 3.00 bits per heavy atom. The van der Waals surface area contributed by atoms with E-state index in [1.807, 2.05) is 31.2 Å². The van der Waals surface area contributed by atoms with E-state index < -0.39 is 0 Å². The molecule has 0 unspecified atom stereocenters. The molecule has 0 atom stereocenters. The van der Waals surface area contributed by atoms with Gasteiger partial charge in [-0.25, -0.2) is 4.98 Å². The normalized spacial score (nSPS) is 10.4. The molecule has 3 rings (SSSR count). The van der Waals surface area contributed by atoms with Gasteiger partial charge in [0.1, 0.15) is 11.6 Å². The van der Waals surface area contributed by atoms with Gasteiger partial charge in [0, 0.05) is 41.5 Å². The number of allylic oxidation sites excluding steroid dienone is 1. The Hall–Kier alpha value is -3.40. The zero-order valence-electron chi connectivity index (χ0n) is 14.0. The van der Waals surface area contributed by atoms with Crippen molar-refractivity contribution in [2.24, 2.45) is 0 Å². The van der Waals surface area contributed by atoms with Crippen LogP contribution in [0.3, 0.4) is 0 Å². The molecule has 25 heavy (non-hydrogen) atoms. The average molecular weight is 333 g/mol. The second kappa shape index (κ2) is 7.45. The number of aromatic amines is 1. The molecule has 3 aromatic heterocycles. The number of anilines is 3. The fraction of sp³-hybridized carbons (Fsp3) is 0.222. The summed E-state index contributed by atoms with van der Waals surface area (Å²) in [5, 5.41) is 23.0. The van der Waals surface area contributed by atoms with Crippen molar-refractivity contribution in [3.8, 4) is 6.07 Å². The molecule has 3 aromatic rings. The summed E-state index contributed by atoms with van der Waals surface area (Å²) in [4.78, 5) is 9.04. The lowest BCUT2D eigenvalue weighted by Gasteiger charge is -2.13. The van der Waals surface area contributed by atoms with Crippen LogP contribution in [0.1, 0.15) is 25.0 Å². The predicted octanol–water partition coefficient (Wildman–Crippen LogP) is 4.02. The lowest BCUT2D eigenvalue weighted by atomic mass is 10.2. The molecule has 0 aliphatic heterocycles. The maximum Gasteiger partial charge on any atom is 0.153 e. The highest BCUT2D eigenvalue weighted by Crippen LogP contribution is 2.26. The topological polar surface area (TPSA) is 102 Å². The molecule has 0 aliphatic rings. The van der Waals surface area contributed by atoms with Gasteiger partial charge in [0.05, 0.1) is 11.6 Å². The van der Waals surface area contributed by atoms with Gasteiger partial charge < -0.3 is 10.6 Å². The largest absolute Gasteiger partial charge is 0.344 e. The van der Waals surface area contributed by atoms with E-state index in [4.69, 9.17) is 5.26 Å².